The van der Waals surface area contributed by atoms with Crippen molar-refractivity contribution < 1.29 is 18.0 Å². The van der Waals surface area contributed by atoms with E-state index in [-0.39, 0.29) is 23.4 Å². The highest BCUT2D eigenvalue weighted by molar-refractivity contribution is 7.92. The van der Waals surface area contributed by atoms with E-state index in [1.165, 1.54) is 27.8 Å². The quantitative estimate of drug-likeness (QED) is 0.331. The van der Waals surface area contributed by atoms with Gasteiger partial charge < -0.3 is 10.2 Å². The number of rotatable bonds is 11. The summed E-state index contributed by atoms with van der Waals surface area (Å²) in [5, 5.41) is 3.15. The number of hydrogen-bond acceptors (Lipinski definition) is 4. The van der Waals surface area contributed by atoms with Gasteiger partial charge in [-0.2, -0.15) is 0 Å². The molecule has 0 unspecified atom stereocenters. The molecule has 8 heteroatoms. The SMILES string of the molecule is Cc1cccc(N(CC(=O)N(CCc2ccccc2)[C@H](C)C(=O)NC2CCCCC2)S(=O)(=O)c2ccccc2)c1C. The summed E-state index contributed by atoms with van der Waals surface area (Å²) in [7, 11) is -4.07. The van der Waals surface area contributed by atoms with Crippen molar-refractivity contribution in [2.75, 3.05) is 17.4 Å². The summed E-state index contributed by atoms with van der Waals surface area (Å²) in [6.07, 6.45) is 5.75. The Balaban J connectivity index is 1.66. The van der Waals surface area contributed by atoms with Gasteiger partial charge >= 0.3 is 0 Å². The summed E-state index contributed by atoms with van der Waals surface area (Å²) in [5.41, 5.74) is 3.18. The molecule has 3 aromatic carbocycles. The molecule has 0 heterocycles. The lowest BCUT2D eigenvalue weighted by atomic mass is 9.95. The van der Waals surface area contributed by atoms with E-state index in [4.69, 9.17) is 0 Å². The number of sulfonamides is 1. The van der Waals surface area contributed by atoms with Gasteiger partial charge in [-0.1, -0.05) is 79.9 Å². The number of carbonyl (C=O) groups excluding carboxylic acids is 2. The average molecular weight is 576 g/mol. The van der Waals surface area contributed by atoms with Crippen LogP contribution in [-0.2, 0) is 26.0 Å². The van der Waals surface area contributed by atoms with Gasteiger partial charge in [-0.25, -0.2) is 8.42 Å². The zero-order valence-electron chi connectivity index (χ0n) is 24.3. The van der Waals surface area contributed by atoms with Crippen LogP contribution in [0.4, 0.5) is 5.69 Å². The maximum atomic E-state index is 14.1. The Kier molecular flexibility index (Phi) is 10.2. The number of hydrogen-bond donors (Lipinski definition) is 1. The fraction of sp³-hybridized carbons (Fsp3) is 0.394. The molecule has 2 amide bonds. The fourth-order valence-electron chi connectivity index (χ4n) is 5.38. The van der Waals surface area contributed by atoms with Gasteiger partial charge in [0.2, 0.25) is 11.8 Å². The molecule has 0 saturated heterocycles. The first-order valence-corrected chi connectivity index (χ1v) is 15.9. The minimum atomic E-state index is -4.07. The van der Waals surface area contributed by atoms with Gasteiger partial charge in [0, 0.05) is 12.6 Å². The third-order valence-corrected chi connectivity index (χ3v) is 9.83. The van der Waals surface area contributed by atoms with Gasteiger partial charge in [0.05, 0.1) is 10.6 Å². The third kappa shape index (κ3) is 7.55. The van der Waals surface area contributed by atoms with E-state index in [2.05, 4.69) is 5.32 Å². The van der Waals surface area contributed by atoms with Crippen LogP contribution in [0.5, 0.6) is 0 Å². The molecule has 3 aromatic rings. The summed E-state index contributed by atoms with van der Waals surface area (Å²) >= 11 is 0. The molecule has 0 aliphatic heterocycles. The number of anilines is 1. The van der Waals surface area contributed by atoms with Crippen molar-refractivity contribution in [3.63, 3.8) is 0 Å². The van der Waals surface area contributed by atoms with Crippen LogP contribution < -0.4 is 9.62 Å². The van der Waals surface area contributed by atoms with E-state index in [0.717, 1.165) is 42.4 Å². The molecule has 218 valence electrons. The molecular weight excluding hydrogens is 534 g/mol. The highest BCUT2D eigenvalue weighted by Gasteiger charge is 2.33. The Hall–Kier alpha value is -3.65. The largest absolute Gasteiger partial charge is 0.352 e. The lowest BCUT2D eigenvalue weighted by Crippen LogP contribution is -2.53. The lowest BCUT2D eigenvalue weighted by Gasteiger charge is -2.33. The Bertz CT molecular complexity index is 1420. The number of carbonyl (C=O) groups is 2. The molecule has 41 heavy (non-hydrogen) atoms. The minimum absolute atomic E-state index is 0.104. The van der Waals surface area contributed by atoms with Crippen molar-refractivity contribution in [2.24, 2.45) is 0 Å². The lowest BCUT2D eigenvalue weighted by molar-refractivity contribution is -0.139. The van der Waals surface area contributed by atoms with Gasteiger partial charge in [0.15, 0.2) is 0 Å². The van der Waals surface area contributed by atoms with Crippen LogP contribution in [0.25, 0.3) is 0 Å². The van der Waals surface area contributed by atoms with Crippen molar-refractivity contribution in [3.8, 4) is 0 Å². The summed E-state index contributed by atoms with van der Waals surface area (Å²) in [6.45, 7) is 5.37. The second kappa shape index (κ2) is 13.8. The predicted octanol–water partition coefficient (Wildman–Crippen LogP) is 5.41. The van der Waals surface area contributed by atoms with Crippen LogP contribution in [0.2, 0.25) is 0 Å². The summed E-state index contributed by atoms with van der Waals surface area (Å²) in [4.78, 5) is 29.1. The van der Waals surface area contributed by atoms with E-state index >= 15 is 0 Å². The molecule has 1 saturated carbocycles. The number of benzene rings is 3. The number of amides is 2. The van der Waals surface area contributed by atoms with Gasteiger partial charge in [-0.3, -0.25) is 13.9 Å². The molecule has 0 spiro atoms. The molecular formula is C33H41N3O4S. The zero-order chi connectivity index (χ0) is 29.4. The molecule has 1 aliphatic carbocycles. The average Bonchev–Trinajstić information content (AvgIpc) is 2.99. The van der Waals surface area contributed by atoms with Crippen molar-refractivity contribution in [3.05, 3.63) is 95.6 Å². The molecule has 1 N–H and O–H groups in total. The van der Waals surface area contributed by atoms with Crippen molar-refractivity contribution in [1.82, 2.24) is 10.2 Å². The zero-order valence-corrected chi connectivity index (χ0v) is 25.1. The summed E-state index contributed by atoms with van der Waals surface area (Å²) in [5.74, 6) is -0.629. The smallest absolute Gasteiger partial charge is 0.264 e. The van der Waals surface area contributed by atoms with Gasteiger partial charge in [0.25, 0.3) is 10.0 Å². The first-order chi connectivity index (χ1) is 19.7. The summed E-state index contributed by atoms with van der Waals surface area (Å²) < 4.78 is 29.1. The number of aryl methyl sites for hydroxylation is 1. The minimum Gasteiger partial charge on any atom is -0.352 e. The molecule has 7 nitrogen and oxygen atoms in total. The summed E-state index contributed by atoms with van der Waals surface area (Å²) in [6, 6.07) is 22.7. The van der Waals surface area contributed by atoms with Crippen molar-refractivity contribution in [2.45, 2.75) is 76.3 Å². The monoisotopic (exact) mass is 575 g/mol. The van der Waals surface area contributed by atoms with Crippen LogP contribution in [-0.4, -0.2) is 50.3 Å². The van der Waals surface area contributed by atoms with Gasteiger partial charge in [-0.05, 0) is 74.9 Å². The molecule has 0 radical (unpaired) electrons. The van der Waals surface area contributed by atoms with E-state index < -0.39 is 28.5 Å². The van der Waals surface area contributed by atoms with E-state index in [1.54, 1.807) is 37.3 Å². The molecule has 1 atom stereocenters. The standard InChI is InChI=1S/C33H41N3O4S/c1-25-14-13-21-31(26(25)2)36(41(39,40)30-19-11-6-12-20-30)24-32(37)35(23-22-28-15-7-4-8-16-28)27(3)33(38)34-29-17-9-5-10-18-29/h4,6-8,11-16,19-21,27,29H,5,9-10,17-18,22-24H2,1-3H3,(H,34,38)/t27-/m1/s1. The van der Waals surface area contributed by atoms with E-state index in [1.807, 2.05) is 50.2 Å². The number of nitrogens with zero attached hydrogens (tertiary/aromatic N) is 2. The van der Waals surface area contributed by atoms with E-state index in [9.17, 15) is 18.0 Å². The molecule has 1 fully saturated rings. The Morgan fingerprint density at radius 3 is 2.17 bits per heavy atom. The fourth-order valence-corrected chi connectivity index (χ4v) is 6.87. The molecule has 0 bridgehead atoms. The Morgan fingerprint density at radius 2 is 1.51 bits per heavy atom. The maximum Gasteiger partial charge on any atom is 0.264 e. The topological polar surface area (TPSA) is 86.8 Å². The molecule has 0 aromatic heterocycles. The number of nitrogens with one attached hydrogen (secondary N) is 1. The normalized spacial score (nSPS) is 14.7. The van der Waals surface area contributed by atoms with Crippen LogP contribution in [0.15, 0.2) is 83.8 Å². The van der Waals surface area contributed by atoms with Gasteiger partial charge in [-0.15, -0.1) is 0 Å². The van der Waals surface area contributed by atoms with Crippen LogP contribution in [0.1, 0.15) is 55.7 Å². The van der Waals surface area contributed by atoms with Crippen LogP contribution in [0, 0.1) is 13.8 Å². The van der Waals surface area contributed by atoms with E-state index in [0.29, 0.717) is 12.1 Å². The van der Waals surface area contributed by atoms with Crippen LogP contribution >= 0.6 is 0 Å². The molecule has 1 aliphatic rings. The predicted molar refractivity (Wildman–Crippen MR) is 163 cm³/mol. The molecule has 4 rings (SSSR count). The highest BCUT2D eigenvalue weighted by Crippen LogP contribution is 2.29. The highest BCUT2D eigenvalue weighted by atomic mass is 32.2. The second-order valence-corrected chi connectivity index (χ2v) is 12.7. The first kappa shape index (κ1) is 30.3. The van der Waals surface area contributed by atoms with Crippen molar-refractivity contribution >= 4 is 27.5 Å². The maximum absolute atomic E-state index is 14.1. The first-order valence-electron chi connectivity index (χ1n) is 14.5. The third-order valence-electron chi connectivity index (χ3n) is 8.06. The van der Waals surface area contributed by atoms with Crippen LogP contribution in [0.3, 0.4) is 0 Å². The second-order valence-electron chi connectivity index (χ2n) is 10.9. The Labute approximate surface area is 244 Å². The Morgan fingerprint density at radius 1 is 0.878 bits per heavy atom. The van der Waals surface area contributed by atoms with Crippen molar-refractivity contribution in [1.29, 1.82) is 0 Å². The van der Waals surface area contributed by atoms with Gasteiger partial charge in [0.1, 0.15) is 12.6 Å².